The summed E-state index contributed by atoms with van der Waals surface area (Å²) in [5, 5.41) is 10.0. The third-order valence-electron chi connectivity index (χ3n) is 5.32. The largest absolute Gasteiger partial charge is 0.375 e. The van der Waals surface area contributed by atoms with Gasteiger partial charge < -0.3 is 16.4 Å². The summed E-state index contributed by atoms with van der Waals surface area (Å²) in [5.74, 6) is 0. The molecule has 0 amide bonds. The number of halogens is 2. The lowest BCUT2D eigenvalue weighted by molar-refractivity contribution is 0.116. The van der Waals surface area contributed by atoms with Gasteiger partial charge in [-0.3, -0.25) is 0 Å². The molecule has 4 N–H and O–H groups in total. The van der Waals surface area contributed by atoms with Gasteiger partial charge in [-0.2, -0.15) is 0 Å². The van der Waals surface area contributed by atoms with E-state index >= 15 is 0 Å². The molecule has 1 spiro atoms. The summed E-state index contributed by atoms with van der Waals surface area (Å²) in [6, 6.07) is 0.742. The molecule has 23 heavy (non-hydrogen) atoms. The second kappa shape index (κ2) is 10.0. The summed E-state index contributed by atoms with van der Waals surface area (Å²) in [5.41, 5.74) is 7.49. The number of thiazole rings is 1. The number of piperidine rings is 1. The smallest absolute Gasteiger partial charge is 0.180 e. The minimum atomic E-state index is 0. The fourth-order valence-electron chi connectivity index (χ4n) is 3.90. The molecule has 0 unspecified atom stereocenters. The molecule has 0 atom stereocenters. The fraction of sp³-hybridized carbons (Fsp3) is 0.812. The number of hydrogen-bond acceptors (Lipinski definition) is 5. The Morgan fingerprint density at radius 1 is 1.22 bits per heavy atom. The zero-order valence-electron chi connectivity index (χ0n) is 13.7. The van der Waals surface area contributed by atoms with Gasteiger partial charge in [0.2, 0.25) is 0 Å². The molecule has 7 heteroatoms. The van der Waals surface area contributed by atoms with Gasteiger partial charge in [-0.25, -0.2) is 4.98 Å². The molecule has 0 bridgehead atoms. The first kappa shape index (κ1) is 21.0. The van der Waals surface area contributed by atoms with Crippen molar-refractivity contribution in [2.45, 2.75) is 57.4 Å². The average molecular weight is 381 g/mol. The molecule has 1 aromatic heterocycles. The Bertz CT molecular complexity index is 439. The number of nitrogens with zero attached hydrogens (tertiary/aromatic N) is 1. The number of hydrogen-bond donors (Lipinski definition) is 3. The molecule has 1 aliphatic carbocycles. The molecular formula is C16H30Cl2N4S. The first-order chi connectivity index (χ1) is 10.3. The van der Waals surface area contributed by atoms with Crippen LogP contribution in [0.4, 0.5) is 5.13 Å². The Morgan fingerprint density at radius 3 is 2.52 bits per heavy atom. The number of anilines is 1. The van der Waals surface area contributed by atoms with E-state index in [1.54, 1.807) is 11.3 Å². The molecule has 4 nitrogen and oxygen atoms in total. The summed E-state index contributed by atoms with van der Waals surface area (Å²) in [6.07, 6.45) is 10.6. The average Bonchev–Trinajstić information content (AvgIpc) is 2.92. The molecule has 1 aliphatic heterocycles. The van der Waals surface area contributed by atoms with Gasteiger partial charge >= 0.3 is 0 Å². The van der Waals surface area contributed by atoms with E-state index in [-0.39, 0.29) is 24.8 Å². The highest BCUT2D eigenvalue weighted by molar-refractivity contribution is 7.13. The molecular weight excluding hydrogens is 351 g/mol. The Kier molecular flexibility index (Phi) is 9.16. The van der Waals surface area contributed by atoms with Crippen LogP contribution in [-0.2, 0) is 6.42 Å². The lowest BCUT2D eigenvalue weighted by atomic mass is 9.67. The zero-order valence-corrected chi connectivity index (χ0v) is 16.1. The van der Waals surface area contributed by atoms with Crippen LogP contribution in [0, 0.1) is 5.41 Å². The van der Waals surface area contributed by atoms with E-state index < -0.39 is 0 Å². The van der Waals surface area contributed by atoms with E-state index in [4.69, 9.17) is 5.73 Å². The predicted octanol–water partition coefficient (Wildman–Crippen LogP) is 3.40. The summed E-state index contributed by atoms with van der Waals surface area (Å²) in [7, 11) is 0. The minimum Gasteiger partial charge on any atom is -0.375 e. The molecule has 0 aromatic carbocycles. The van der Waals surface area contributed by atoms with Crippen LogP contribution in [0.2, 0.25) is 0 Å². The van der Waals surface area contributed by atoms with Gasteiger partial charge in [0, 0.05) is 11.4 Å². The molecule has 2 fully saturated rings. The summed E-state index contributed by atoms with van der Waals surface area (Å²) in [6.45, 7) is 3.57. The SMILES string of the molecule is Cl.Cl.Nc1nc(CCCNC2CCC3(CCNCC3)CC2)cs1. The molecule has 3 rings (SSSR count). The van der Waals surface area contributed by atoms with Gasteiger partial charge in [0.15, 0.2) is 5.13 Å². The second-order valence-corrected chi connectivity index (χ2v) is 7.65. The summed E-state index contributed by atoms with van der Waals surface area (Å²) >= 11 is 1.54. The van der Waals surface area contributed by atoms with Crippen LogP contribution in [0.3, 0.4) is 0 Å². The van der Waals surface area contributed by atoms with Gasteiger partial charge in [-0.05, 0) is 76.4 Å². The molecule has 2 heterocycles. The zero-order chi connectivity index (χ0) is 14.5. The minimum absolute atomic E-state index is 0. The van der Waals surface area contributed by atoms with Crippen molar-refractivity contribution in [1.82, 2.24) is 15.6 Å². The van der Waals surface area contributed by atoms with Crippen molar-refractivity contribution in [1.29, 1.82) is 0 Å². The van der Waals surface area contributed by atoms with E-state index in [2.05, 4.69) is 21.0 Å². The van der Waals surface area contributed by atoms with Crippen LogP contribution in [0.5, 0.6) is 0 Å². The molecule has 0 radical (unpaired) electrons. The predicted molar refractivity (Wildman–Crippen MR) is 104 cm³/mol. The Morgan fingerprint density at radius 2 is 1.91 bits per heavy atom. The maximum atomic E-state index is 5.66. The number of nitrogens with two attached hydrogens (primary N) is 1. The van der Waals surface area contributed by atoms with E-state index in [0.717, 1.165) is 31.1 Å². The second-order valence-electron chi connectivity index (χ2n) is 6.76. The normalized spacial score (nSPS) is 20.7. The van der Waals surface area contributed by atoms with Crippen LogP contribution in [0.15, 0.2) is 5.38 Å². The van der Waals surface area contributed by atoms with Crippen molar-refractivity contribution >= 4 is 41.3 Å². The third kappa shape index (κ3) is 6.05. The number of aryl methyl sites for hydroxylation is 1. The van der Waals surface area contributed by atoms with Gasteiger partial charge in [-0.15, -0.1) is 36.2 Å². The number of nitrogen functional groups attached to an aromatic ring is 1. The lowest BCUT2D eigenvalue weighted by Gasteiger charge is -2.43. The van der Waals surface area contributed by atoms with E-state index in [0.29, 0.717) is 10.5 Å². The third-order valence-corrected chi connectivity index (χ3v) is 6.05. The highest BCUT2D eigenvalue weighted by Gasteiger charge is 2.35. The summed E-state index contributed by atoms with van der Waals surface area (Å²) < 4.78 is 0. The fourth-order valence-corrected chi connectivity index (χ4v) is 4.50. The van der Waals surface area contributed by atoms with Crippen molar-refractivity contribution < 1.29 is 0 Å². The van der Waals surface area contributed by atoms with Crippen LogP contribution in [0.25, 0.3) is 0 Å². The van der Waals surface area contributed by atoms with Crippen LogP contribution in [0.1, 0.15) is 50.6 Å². The lowest BCUT2D eigenvalue weighted by Crippen LogP contribution is -2.43. The van der Waals surface area contributed by atoms with Gasteiger partial charge in [0.05, 0.1) is 5.69 Å². The Labute approximate surface area is 156 Å². The standard InChI is InChI=1S/C16H28N4S.2ClH/c17-15-20-14(12-21-15)2-1-9-19-13-3-5-16(6-4-13)7-10-18-11-8-16;;/h12-13,18-19H,1-11H2,(H2,17,20);2*1H. The van der Waals surface area contributed by atoms with Crippen molar-refractivity contribution in [2.24, 2.45) is 5.41 Å². The van der Waals surface area contributed by atoms with Gasteiger partial charge in [0.25, 0.3) is 0 Å². The molecule has 1 saturated heterocycles. The first-order valence-electron chi connectivity index (χ1n) is 8.40. The molecule has 1 saturated carbocycles. The number of aromatic nitrogens is 1. The molecule has 1 aromatic rings. The first-order valence-corrected chi connectivity index (χ1v) is 9.28. The topological polar surface area (TPSA) is 63.0 Å². The number of rotatable bonds is 5. The van der Waals surface area contributed by atoms with Crippen LogP contribution in [-0.4, -0.2) is 30.7 Å². The van der Waals surface area contributed by atoms with Crippen molar-refractivity contribution in [3.05, 3.63) is 11.1 Å². The van der Waals surface area contributed by atoms with Crippen LogP contribution < -0.4 is 16.4 Å². The monoisotopic (exact) mass is 380 g/mol. The van der Waals surface area contributed by atoms with E-state index in [9.17, 15) is 0 Å². The van der Waals surface area contributed by atoms with E-state index in [1.165, 1.54) is 51.6 Å². The highest BCUT2D eigenvalue weighted by atomic mass is 35.5. The highest BCUT2D eigenvalue weighted by Crippen LogP contribution is 2.43. The maximum Gasteiger partial charge on any atom is 0.180 e. The maximum absolute atomic E-state index is 5.66. The van der Waals surface area contributed by atoms with Crippen molar-refractivity contribution in [2.75, 3.05) is 25.4 Å². The quantitative estimate of drug-likeness (QED) is 0.684. The van der Waals surface area contributed by atoms with Crippen LogP contribution >= 0.6 is 36.2 Å². The molecule has 2 aliphatic rings. The van der Waals surface area contributed by atoms with Gasteiger partial charge in [-0.1, -0.05) is 0 Å². The summed E-state index contributed by atoms with van der Waals surface area (Å²) in [4.78, 5) is 4.31. The van der Waals surface area contributed by atoms with E-state index in [1.807, 2.05) is 0 Å². The van der Waals surface area contributed by atoms with Crippen molar-refractivity contribution in [3.8, 4) is 0 Å². The number of nitrogens with one attached hydrogen (secondary N) is 2. The van der Waals surface area contributed by atoms with Gasteiger partial charge in [0.1, 0.15) is 0 Å². The molecule has 134 valence electrons. The van der Waals surface area contributed by atoms with Crippen molar-refractivity contribution in [3.63, 3.8) is 0 Å². The Balaban J connectivity index is 0.00000132. The Hall–Kier alpha value is -0.0700.